The van der Waals surface area contributed by atoms with Crippen LogP contribution in [-0.2, 0) is 10.0 Å². The average Bonchev–Trinajstić information content (AvgIpc) is 2.54. The van der Waals surface area contributed by atoms with E-state index in [-0.39, 0.29) is 12.1 Å². The van der Waals surface area contributed by atoms with Crippen molar-refractivity contribution in [2.45, 2.75) is 29.7 Å². The second kappa shape index (κ2) is 7.55. The lowest BCUT2D eigenvalue weighted by atomic mass is 10.3. The van der Waals surface area contributed by atoms with Crippen molar-refractivity contribution < 1.29 is 13.2 Å². The molecule has 1 fully saturated rings. The second-order valence-corrected chi connectivity index (χ2v) is 8.49. The van der Waals surface area contributed by atoms with Gasteiger partial charge in [-0.15, -0.1) is 11.8 Å². The molecule has 1 aromatic rings. The van der Waals surface area contributed by atoms with Gasteiger partial charge in [0.1, 0.15) is 0 Å². The monoisotopic (exact) mass is 357 g/mol. The molecule has 1 saturated heterocycles. The summed E-state index contributed by atoms with van der Waals surface area (Å²) in [4.78, 5) is 14.9. The summed E-state index contributed by atoms with van der Waals surface area (Å²) in [5.41, 5.74) is 0. The third-order valence-electron chi connectivity index (χ3n) is 3.64. The standard InChI is InChI=1S/C15H23N3O3S2/c1-12(2)16-15(19)17-8-10-18(11-9-17)23(20,21)14-6-4-13(22-3)5-7-14/h4-7,12H,8-11H2,1-3H3,(H,16,19). The third-order valence-corrected chi connectivity index (χ3v) is 6.29. The number of nitrogens with one attached hydrogen (secondary N) is 1. The Kier molecular flexibility index (Phi) is 5.94. The molecule has 0 aromatic heterocycles. The molecule has 0 bridgehead atoms. The summed E-state index contributed by atoms with van der Waals surface area (Å²) in [6.45, 7) is 5.24. The number of carbonyl (C=O) groups excluding carboxylic acids is 1. The largest absolute Gasteiger partial charge is 0.336 e. The summed E-state index contributed by atoms with van der Waals surface area (Å²) >= 11 is 1.57. The Bertz CT molecular complexity index is 636. The first kappa shape index (κ1) is 18.1. The maximum absolute atomic E-state index is 12.6. The van der Waals surface area contributed by atoms with Crippen LogP contribution in [0.1, 0.15) is 13.8 Å². The molecule has 0 atom stereocenters. The number of carbonyl (C=O) groups is 1. The Hall–Kier alpha value is -1.25. The predicted molar refractivity (Wildman–Crippen MR) is 92.2 cm³/mol. The summed E-state index contributed by atoms with van der Waals surface area (Å²) in [5.74, 6) is 0. The van der Waals surface area contributed by atoms with Crippen molar-refractivity contribution >= 4 is 27.8 Å². The maximum Gasteiger partial charge on any atom is 0.317 e. The predicted octanol–water partition coefficient (Wildman–Crippen LogP) is 1.83. The summed E-state index contributed by atoms with van der Waals surface area (Å²) < 4.78 is 26.7. The Morgan fingerprint density at radius 2 is 1.70 bits per heavy atom. The minimum absolute atomic E-state index is 0.0687. The molecule has 1 aliphatic heterocycles. The van der Waals surface area contributed by atoms with Gasteiger partial charge in [-0.05, 0) is 44.4 Å². The molecule has 23 heavy (non-hydrogen) atoms. The van der Waals surface area contributed by atoms with E-state index in [0.717, 1.165) is 4.90 Å². The minimum atomic E-state index is -3.49. The molecule has 8 heteroatoms. The fourth-order valence-electron chi connectivity index (χ4n) is 2.37. The van der Waals surface area contributed by atoms with Crippen LogP contribution in [0, 0.1) is 0 Å². The van der Waals surface area contributed by atoms with Gasteiger partial charge in [-0.1, -0.05) is 0 Å². The van der Waals surface area contributed by atoms with Crippen molar-refractivity contribution in [2.24, 2.45) is 0 Å². The topological polar surface area (TPSA) is 69.7 Å². The number of hydrogen-bond donors (Lipinski definition) is 1. The maximum atomic E-state index is 12.6. The highest BCUT2D eigenvalue weighted by atomic mass is 32.2. The molecule has 1 heterocycles. The zero-order valence-corrected chi connectivity index (χ0v) is 15.3. The summed E-state index contributed by atoms with van der Waals surface area (Å²) in [6.07, 6.45) is 1.95. The van der Waals surface area contributed by atoms with E-state index in [2.05, 4.69) is 5.32 Å². The van der Waals surface area contributed by atoms with E-state index in [4.69, 9.17) is 0 Å². The molecule has 2 amide bonds. The molecule has 2 rings (SSSR count). The van der Waals surface area contributed by atoms with Crippen LogP contribution in [0.2, 0.25) is 0 Å². The number of sulfonamides is 1. The van der Waals surface area contributed by atoms with Gasteiger partial charge in [0, 0.05) is 37.1 Å². The number of amides is 2. The fraction of sp³-hybridized carbons (Fsp3) is 0.533. The van der Waals surface area contributed by atoms with Gasteiger partial charge in [0.05, 0.1) is 4.90 Å². The van der Waals surface area contributed by atoms with Crippen molar-refractivity contribution in [1.29, 1.82) is 0 Å². The number of piperazine rings is 1. The van der Waals surface area contributed by atoms with E-state index in [1.807, 2.05) is 32.2 Å². The Labute approximate surface area is 142 Å². The number of nitrogens with zero attached hydrogens (tertiary/aromatic N) is 2. The first-order valence-electron chi connectivity index (χ1n) is 7.54. The molecule has 1 aliphatic rings. The van der Waals surface area contributed by atoms with Crippen LogP contribution in [0.15, 0.2) is 34.1 Å². The number of hydrogen-bond acceptors (Lipinski definition) is 4. The molecule has 0 spiro atoms. The van der Waals surface area contributed by atoms with E-state index >= 15 is 0 Å². The average molecular weight is 358 g/mol. The Balaban J connectivity index is 2.01. The van der Waals surface area contributed by atoms with Gasteiger partial charge in [-0.2, -0.15) is 4.31 Å². The lowest BCUT2D eigenvalue weighted by Gasteiger charge is -2.34. The van der Waals surface area contributed by atoms with Gasteiger partial charge in [0.15, 0.2) is 0 Å². The molecule has 0 unspecified atom stereocenters. The van der Waals surface area contributed by atoms with E-state index in [9.17, 15) is 13.2 Å². The number of thioether (sulfide) groups is 1. The van der Waals surface area contributed by atoms with E-state index in [1.165, 1.54) is 4.31 Å². The van der Waals surface area contributed by atoms with Crippen LogP contribution in [0.25, 0.3) is 0 Å². The van der Waals surface area contributed by atoms with Crippen molar-refractivity contribution in [2.75, 3.05) is 32.4 Å². The molecular weight excluding hydrogens is 334 g/mol. The lowest BCUT2D eigenvalue weighted by Crippen LogP contribution is -2.53. The lowest BCUT2D eigenvalue weighted by molar-refractivity contribution is 0.170. The van der Waals surface area contributed by atoms with E-state index in [0.29, 0.717) is 31.1 Å². The molecule has 0 saturated carbocycles. The Morgan fingerprint density at radius 1 is 1.13 bits per heavy atom. The SMILES string of the molecule is CSc1ccc(S(=O)(=O)N2CCN(C(=O)NC(C)C)CC2)cc1. The van der Waals surface area contributed by atoms with Gasteiger partial charge in [0.2, 0.25) is 10.0 Å². The molecular formula is C15H23N3O3S2. The van der Waals surface area contributed by atoms with Crippen LogP contribution in [0.4, 0.5) is 4.79 Å². The number of benzene rings is 1. The zero-order valence-electron chi connectivity index (χ0n) is 13.7. The first-order chi connectivity index (χ1) is 10.8. The third kappa shape index (κ3) is 4.39. The number of urea groups is 1. The van der Waals surface area contributed by atoms with Gasteiger partial charge >= 0.3 is 6.03 Å². The summed E-state index contributed by atoms with van der Waals surface area (Å²) in [5, 5.41) is 2.83. The van der Waals surface area contributed by atoms with Crippen LogP contribution < -0.4 is 5.32 Å². The summed E-state index contributed by atoms with van der Waals surface area (Å²) in [7, 11) is -3.49. The Morgan fingerprint density at radius 3 is 2.17 bits per heavy atom. The second-order valence-electron chi connectivity index (χ2n) is 5.67. The highest BCUT2D eigenvalue weighted by molar-refractivity contribution is 7.98. The normalized spacial score (nSPS) is 16.6. The van der Waals surface area contributed by atoms with Crippen LogP contribution in [0.3, 0.4) is 0 Å². The molecule has 1 N–H and O–H groups in total. The van der Waals surface area contributed by atoms with E-state index in [1.54, 1.807) is 28.8 Å². The molecule has 0 radical (unpaired) electrons. The van der Waals surface area contributed by atoms with Gasteiger partial charge in [-0.25, -0.2) is 13.2 Å². The minimum Gasteiger partial charge on any atom is -0.336 e. The van der Waals surface area contributed by atoms with Crippen LogP contribution in [0.5, 0.6) is 0 Å². The van der Waals surface area contributed by atoms with Crippen molar-refractivity contribution in [3.8, 4) is 0 Å². The van der Waals surface area contributed by atoms with Crippen molar-refractivity contribution in [1.82, 2.24) is 14.5 Å². The van der Waals surface area contributed by atoms with Gasteiger partial charge < -0.3 is 10.2 Å². The van der Waals surface area contributed by atoms with Gasteiger partial charge in [-0.3, -0.25) is 0 Å². The molecule has 0 aliphatic carbocycles. The highest BCUT2D eigenvalue weighted by Crippen LogP contribution is 2.21. The highest BCUT2D eigenvalue weighted by Gasteiger charge is 2.30. The van der Waals surface area contributed by atoms with Crippen molar-refractivity contribution in [3.05, 3.63) is 24.3 Å². The van der Waals surface area contributed by atoms with E-state index < -0.39 is 10.0 Å². The molecule has 128 valence electrons. The zero-order chi connectivity index (χ0) is 17.0. The quantitative estimate of drug-likeness (QED) is 0.835. The number of rotatable bonds is 4. The first-order valence-corrected chi connectivity index (χ1v) is 10.2. The molecule has 1 aromatic carbocycles. The van der Waals surface area contributed by atoms with Crippen molar-refractivity contribution in [3.63, 3.8) is 0 Å². The van der Waals surface area contributed by atoms with Crippen LogP contribution >= 0.6 is 11.8 Å². The molecule has 6 nitrogen and oxygen atoms in total. The smallest absolute Gasteiger partial charge is 0.317 e. The summed E-state index contributed by atoms with van der Waals surface area (Å²) in [6, 6.07) is 6.83. The van der Waals surface area contributed by atoms with Gasteiger partial charge in [0.25, 0.3) is 0 Å². The fourth-order valence-corrected chi connectivity index (χ4v) is 4.20. The van der Waals surface area contributed by atoms with Crippen LogP contribution in [-0.4, -0.2) is 62.1 Å².